The molecule has 1 N–H and O–H groups in total. The van der Waals surface area contributed by atoms with Crippen LogP contribution in [-0.4, -0.2) is 42.2 Å². The van der Waals surface area contributed by atoms with Gasteiger partial charge in [-0.3, -0.25) is 4.79 Å². The molecule has 1 aliphatic heterocycles. The SMILES string of the molecule is CCNCC1CCN(CCn2ccccc2=O)CC1. The van der Waals surface area contributed by atoms with Crippen LogP contribution in [0.2, 0.25) is 0 Å². The molecule has 1 aromatic heterocycles. The molecule has 19 heavy (non-hydrogen) atoms. The van der Waals surface area contributed by atoms with E-state index >= 15 is 0 Å². The normalized spacial score (nSPS) is 17.7. The third kappa shape index (κ3) is 4.48. The Bertz CT molecular complexity index is 421. The van der Waals surface area contributed by atoms with Gasteiger partial charge in [-0.05, 0) is 51.0 Å². The van der Waals surface area contributed by atoms with Crippen LogP contribution in [0.25, 0.3) is 0 Å². The molecule has 106 valence electrons. The minimum absolute atomic E-state index is 0.101. The highest BCUT2D eigenvalue weighted by Gasteiger charge is 2.18. The van der Waals surface area contributed by atoms with E-state index < -0.39 is 0 Å². The molecule has 0 bridgehead atoms. The average molecular weight is 263 g/mol. The first-order valence-corrected chi connectivity index (χ1v) is 7.38. The second-order valence-electron chi connectivity index (χ2n) is 5.32. The van der Waals surface area contributed by atoms with Crippen molar-refractivity contribution < 1.29 is 0 Å². The molecule has 0 saturated carbocycles. The molecule has 2 heterocycles. The maximum Gasteiger partial charge on any atom is 0.250 e. The molecule has 4 heteroatoms. The monoisotopic (exact) mass is 263 g/mol. The fourth-order valence-corrected chi connectivity index (χ4v) is 2.66. The van der Waals surface area contributed by atoms with Crippen LogP contribution in [0.15, 0.2) is 29.2 Å². The molecule has 1 aliphatic rings. The first-order valence-electron chi connectivity index (χ1n) is 7.38. The summed E-state index contributed by atoms with van der Waals surface area (Å²) in [4.78, 5) is 14.1. The van der Waals surface area contributed by atoms with Crippen molar-refractivity contribution in [2.45, 2.75) is 26.3 Å². The molecule has 0 radical (unpaired) electrons. The van der Waals surface area contributed by atoms with Crippen LogP contribution in [0.4, 0.5) is 0 Å². The topological polar surface area (TPSA) is 37.3 Å². The summed E-state index contributed by atoms with van der Waals surface area (Å²) in [5, 5.41) is 3.43. The molecule has 1 saturated heterocycles. The first kappa shape index (κ1) is 14.3. The molecule has 0 unspecified atom stereocenters. The van der Waals surface area contributed by atoms with Gasteiger partial charge < -0.3 is 14.8 Å². The smallest absolute Gasteiger partial charge is 0.250 e. The van der Waals surface area contributed by atoms with Crippen molar-refractivity contribution in [2.24, 2.45) is 5.92 Å². The van der Waals surface area contributed by atoms with Crippen LogP contribution in [-0.2, 0) is 6.54 Å². The lowest BCUT2D eigenvalue weighted by Crippen LogP contribution is -2.39. The van der Waals surface area contributed by atoms with Crippen molar-refractivity contribution in [3.63, 3.8) is 0 Å². The molecule has 0 spiro atoms. The van der Waals surface area contributed by atoms with Gasteiger partial charge in [0.2, 0.25) is 0 Å². The predicted molar refractivity (Wildman–Crippen MR) is 78.4 cm³/mol. The zero-order valence-electron chi connectivity index (χ0n) is 11.8. The second kappa shape index (κ2) is 7.46. The highest BCUT2D eigenvalue weighted by atomic mass is 16.1. The maximum absolute atomic E-state index is 11.6. The molecule has 0 amide bonds. The van der Waals surface area contributed by atoms with Gasteiger partial charge in [-0.2, -0.15) is 0 Å². The van der Waals surface area contributed by atoms with Crippen molar-refractivity contribution >= 4 is 0 Å². The Morgan fingerprint density at radius 1 is 1.26 bits per heavy atom. The van der Waals surface area contributed by atoms with Crippen LogP contribution in [0.3, 0.4) is 0 Å². The summed E-state index contributed by atoms with van der Waals surface area (Å²) in [6, 6.07) is 5.35. The number of aromatic nitrogens is 1. The van der Waals surface area contributed by atoms with E-state index in [2.05, 4.69) is 17.1 Å². The van der Waals surface area contributed by atoms with Crippen LogP contribution >= 0.6 is 0 Å². The second-order valence-corrected chi connectivity index (χ2v) is 5.32. The lowest BCUT2D eigenvalue weighted by Gasteiger charge is -2.32. The van der Waals surface area contributed by atoms with Crippen LogP contribution < -0.4 is 10.9 Å². The minimum Gasteiger partial charge on any atom is -0.317 e. The zero-order valence-corrected chi connectivity index (χ0v) is 11.8. The Kier molecular flexibility index (Phi) is 5.61. The molecular weight excluding hydrogens is 238 g/mol. The Morgan fingerprint density at radius 2 is 2.05 bits per heavy atom. The van der Waals surface area contributed by atoms with Gasteiger partial charge in [0.15, 0.2) is 0 Å². The maximum atomic E-state index is 11.6. The predicted octanol–water partition coefficient (Wildman–Crippen LogP) is 1.17. The molecule has 0 atom stereocenters. The highest BCUT2D eigenvalue weighted by Crippen LogP contribution is 2.15. The third-order valence-electron chi connectivity index (χ3n) is 3.95. The number of nitrogens with one attached hydrogen (secondary N) is 1. The molecule has 1 aromatic rings. The first-order chi connectivity index (χ1) is 9.29. The fraction of sp³-hybridized carbons (Fsp3) is 0.667. The Hall–Kier alpha value is -1.13. The van der Waals surface area contributed by atoms with Crippen molar-refractivity contribution in [3.8, 4) is 0 Å². The summed E-state index contributed by atoms with van der Waals surface area (Å²) in [7, 11) is 0. The van der Waals surface area contributed by atoms with E-state index in [0.717, 1.165) is 45.2 Å². The number of piperidine rings is 1. The van der Waals surface area contributed by atoms with E-state index in [1.807, 2.05) is 12.3 Å². The van der Waals surface area contributed by atoms with E-state index in [4.69, 9.17) is 0 Å². The van der Waals surface area contributed by atoms with Crippen molar-refractivity contribution in [2.75, 3.05) is 32.7 Å². The van der Waals surface area contributed by atoms with Gasteiger partial charge >= 0.3 is 0 Å². The van der Waals surface area contributed by atoms with E-state index in [1.165, 1.54) is 12.8 Å². The highest BCUT2D eigenvalue weighted by molar-refractivity contribution is 4.93. The van der Waals surface area contributed by atoms with Gasteiger partial charge in [0.1, 0.15) is 0 Å². The minimum atomic E-state index is 0.101. The number of hydrogen-bond acceptors (Lipinski definition) is 3. The van der Waals surface area contributed by atoms with Crippen LogP contribution in [0.1, 0.15) is 19.8 Å². The third-order valence-corrected chi connectivity index (χ3v) is 3.95. The number of pyridine rings is 1. The molecule has 0 aliphatic carbocycles. The number of hydrogen-bond donors (Lipinski definition) is 1. The Balaban J connectivity index is 1.71. The van der Waals surface area contributed by atoms with Crippen molar-refractivity contribution in [3.05, 3.63) is 34.7 Å². The Labute approximate surface area is 115 Å². The number of nitrogens with zero attached hydrogens (tertiary/aromatic N) is 2. The number of likely N-dealkylation sites (tertiary alicyclic amines) is 1. The van der Waals surface area contributed by atoms with Gasteiger partial charge in [0, 0.05) is 25.4 Å². The van der Waals surface area contributed by atoms with E-state index in [1.54, 1.807) is 16.7 Å². The standard InChI is InChI=1S/C15H25N3O/c1-2-16-13-14-6-9-17(10-7-14)11-12-18-8-4-3-5-15(18)19/h3-5,8,14,16H,2,6-7,9-13H2,1H3. The van der Waals surface area contributed by atoms with Gasteiger partial charge in [0.05, 0.1) is 0 Å². The van der Waals surface area contributed by atoms with E-state index in [9.17, 15) is 4.79 Å². The zero-order chi connectivity index (χ0) is 13.5. The van der Waals surface area contributed by atoms with Gasteiger partial charge in [-0.25, -0.2) is 0 Å². The fourth-order valence-electron chi connectivity index (χ4n) is 2.66. The summed E-state index contributed by atoms with van der Waals surface area (Å²) in [6.07, 6.45) is 4.42. The molecule has 0 aromatic carbocycles. The number of rotatable bonds is 6. The quantitative estimate of drug-likeness (QED) is 0.837. The molecular formula is C15H25N3O. The summed E-state index contributed by atoms with van der Waals surface area (Å²) in [5.74, 6) is 0.829. The summed E-state index contributed by atoms with van der Waals surface area (Å²) in [6.45, 7) is 8.50. The Morgan fingerprint density at radius 3 is 2.74 bits per heavy atom. The lowest BCUT2D eigenvalue weighted by atomic mass is 9.97. The van der Waals surface area contributed by atoms with Crippen molar-refractivity contribution in [1.29, 1.82) is 0 Å². The average Bonchev–Trinajstić information content (AvgIpc) is 2.45. The lowest BCUT2D eigenvalue weighted by molar-refractivity contribution is 0.177. The molecule has 1 fully saturated rings. The van der Waals surface area contributed by atoms with Gasteiger partial charge in [-0.1, -0.05) is 13.0 Å². The van der Waals surface area contributed by atoms with Gasteiger partial charge in [0.25, 0.3) is 5.56 Å². The van der Waals surface area contributed by atoms with Crippen LogP contribution in [0.5, 0.6) is 0 Å². The molecule has 4 nitrogen and oxygen atoms in total. The van der Waals surface area contributed by atoms with E-state index in [0.29, 0.717) is 0 Å². The van der Waals surface area contributed by atoms with E-state index in [-0.39, 0.29) is 5.56 Å². The largest absolute Gasteiger partial charge is 0.317 e. The summed E-state index contributed by atoms with van der Waals surface area (Å²) >= 11 is 0. The summed E-state index contributed by atoms with van der Waals surface area (Å²) in [5.41, 5.74) is 0.101. The molecule has 2 rings (SSSR count). The van der Waals surface area contributed by atoms with Gasteiger partial charge in [-0.15, -0.1) is 0 Å². The summed E-state index contributed by atoms with van der Waals surface area (Å²) < 4.78 is 1.80. The van der Waals surface area contributed by atoms with Crippen LogP contribution in [0, 0.1) is 5.92 Å². The van der Waals surface area contributed by atoms with Crippen molar-refractivity contribution in [1.82, 2.24) is 14.8 Å².